The first-order chi connectivity index (χ1) is 2.71. The summed E-state index contributed by atoms with van der Waals surface area (Å²) in [4.78, 5) is 6.82. The van der Waals surface area contributed by atoms with Gasteiger partial charge in [-0.25, -0.2) is 0 Å². The van der Waals surface area contributed by atoms with Crippen LogP contribution in [0.1, 0.15) is 0 Å². The van der Waals surface area contributed by atoms with E-state index in [0.717, 1.165) is 0 Å². The zero-order chi connectivity index (χ0) is 4.28. The molecule has 0 nitrogen and oxygen atoms in total. The Kier molecular flexibility index (Phi) is 0.556. The summed E-state index contributed by atoms with van der Waals surface area (Å²) in [6.07, 6.45) is 0. The second kappa shape index (κ2) is 0.780. The Morgan fingerprint density at radius 2 is 1.33 bits per heavy atom. The summed E-state index contributed by atoms with van der Waals surface area (Å²) in [5.74, 6) is 0. The number of halogens is 1. The molecule has 2 heteroatoms. The van der Waals surface area contributed by atoms with E-state index in [4.69, 9.17) is 0 Å². The summed E-state index contributed by atoms with van der Waals surface area (Å²) in [7, 11) is -1.13. The van der Waals surface area contributed by atoms with E-state index in [-0.39, 0.29) is 0 Å². The molecule has 2 aliphatic rings. The van der Waals surface area contributed by atoms with Crippen LogP contribution in [-0.4, -0.2) is 0 Å². The van der Waals surface area contributed by atoms with Crippen molar-refractivity contribution < 1.29 is 10.5 Å². The molecule has 0 atom stereocenters. The van der Waals surface area contributed by atoms with E-state index in [0.29, 0.717) is 0 Å². The van der Waals surface area contributed by atoms with Gasteiger partial charge in [-0.15, -0.1) is 0 Å². The van der Waals surface area contributed by atoms with Gasteiger partial charge in [0.15, 0.2) is 0 Å². The van der Waals surface area contributed by atoms with Crippen molar-refractivity contribution in [2.45, 2.75) is 19.7 Å². The molecule has 2 rings (SSSR count). The van der Waals surface area contributed by atoms with Crippen molar-refractivity contribution >= 4 is 19.6 Å². The van der Waals surface area contributed by atoms with E-state index in [2.05, 4.69) is 19.6 Å². The molecule has 2 aliphatic heterocycles. The van der Waals surface area contributed by atoms with Crippen molar-refractivity contribution in [2.24, 2.45) is 0 Å². The Morgan fingerprint density at radius 3 is 1.33 bits per heavy atom. The first-order valence-corrected chi connectivity index (χ1v) is 15.6. The molecular formula is C4H8IIr. The van der Waals surface area contributed by atoms with Crippen LogP contribution in [0.4, 0.5) is 0 Å². The Morgan fingerprint density at radius 1 is 1.00 bits per heavy atom. The van der Waals surface area contributed by atoms with E-state index in [1.54, 1.807) is 19.7 Å². The van der Waals surface area contributed by atoms with Gasteiger partial charge in [-0.3, -0.25) is 0 Å². The van der Waals surface area contributed by atoms with E-state index < -0.39 is 10.5 Å². The summed E-state index contributed by atoms with van der Waals surface area (Å²) in [6.45, 7) is 0. The maximum atomic E-state index is 2.83. The first kappa shape index (κ1) is 4.28. The van der Waals surface area contributed by atoms with Crippen LogP contribution in [0, 0.1) is 0 Å². The predicted octanol–water partition coefficient (Wildman–Crippen LogP) is 2.73. The summed E-state index contributed by atoms with van der Waals surface area (Å²) >= 11 is 2.83. The Labute approximate surface area is 49.5 Å². The molecule has 0 aromatic heterocycles. The minimum atomic E-state index is -1.13. The molecule has 0 N–H and O–H groups in total. The fourth-order valence-electron chi connectivity index (χ4n) is 0.532. The molecular weight excluding hydrogens is 367 g/mol. The molecule has 0 amide bonds. The number of rotatable bonds is 0. The first-order valence-electron chi connectivity index (χ1n) is 2.07. The third-order valence-electron chi connectivity index (χ3n) is 1.53. The van der Waals surface area contributed by atoms with Crippen molar-refractivity contribution in [2.75, 3.05) is 0 Å². The third-order valence-corrected chi connectivity index (χ3v) is 24.3. The van der Waals surface area contributed by atoms with Crippen molar-refractivity contribution in [1.29, 1.82) is 0 Å². The van der Waals surface area contributed by atoms with Gasteiger partial charge in [0, 0.05) is 0 Å². The van der Waals surface area contributed by atoms with E-state index in [9.17, 15) is 0 Å². The van der Waals surface area contributed by atoms with Gasteiger partial charge in [0.05, 0.1) is 0 Å². The molecule has 0 aliphatic carbocycles. The monoisotopic (exact) mass is 376 g/mol. The van der Waals surface area contributed by atoms with Gasteiger partial charge >= 0.3 is 49.8 Å². The van der Waals surface area contributed by atoms with Crippen LogP contribution in [0.3, 0.4) is 0 Å². The fourth-order valence-corrected chi connectivity index (χ4v) is 32.1. The molecule has 0 aromatic carbocycles. The van der Waals surface area contributed by atoms with Crippen molar-refractivity contribution in [1.82, 2.24) is 0 Å². The normalized spacial score (nSPS) is 49.8. The summed E-state index contributed by atoms with van der Waals surface area (Å²) in [6, 6.07) is 0. The number of hydrogen-bond donors (Lipinski definition) is 0. The molecule has 2 fully saturated rings. The van der Waals surface area contributed by atoms with Gasteiger partial charge in [-0.05, 0) is 0 Å². The topological polar surface area (TPSA) is 0 Å². The van der Waals surface area contributed by atoms with Gasteiger partial charge < -0.3 is 0 Å². The third kappa shape index (κ3) is 0.436. The van der Waals surface area contributed by atoms with Crippen LogP contribution < -0.4 is 0 Å². The Bertz CT molecular complexity index is 82.6. The minimum absolute atomic E-state index is 1.13. The zero-order valence-electron chi connectivity index (χ0n) is 3.54. The second-order valence-electron chi connectivity index (χ2n) is 2.02. The van der Waals surface area contributed by atoms with Crippen LogP contribution in [0.5, 0.6) is 0 Å². The molecule has 1 spiro atoms. The van der Waals surface area contributed by atoms with Crippen LogP contribution >= 0.6 is 19.6 Å². The quantitative estimate of drug-likeness (QED) is 0.572. The molecule has 0 saturated carbocycles. The van der Waals surface area contributed by atoms with E-state index >= 15 is 0 Å². The van der Waals surface area contributed by atoms with Gasteiger partial charge in [0.1, 0.15) is 0 Å². The fraction of sp³-hybridized carbons (Fsp3) is 1.00. The molecule has 6 heavy (non-hydrogen) atoms. The summed E-state index contributed by atoms with van der Waals surface area (Å²) < 4.78 is 0. The molecule has 0 aromatic rings. The van der Waals surface area contributed by atoms with Crippen molar-refractivity contribution in [3.05, 3.63) is 0 Å². The van der Waals surface area contributed by atoms with Gasteiger partial charge in [0.2, 0.25) is 0 Å². The zero-order valence-corrected chi connectivity index (χ0v) is 8.09. The van der Waals surface area contributed by atoms with Gasteiger partial charge in [-0.2, -0.15) is 0 Å². The standard InChI is InChI=1S/2C2H4.HI.Ir/c2*1-2;;/h2*1-2H2;1H;/q;;;+1/p-1. The maximum absolute atomic E-state index is 2.83. The average Bonchev–Trinajstić information content (AvgIpc) is 2.28. The second-order valence-corrected chi connectivity index (χ2v) is 33.2. The summed E-state index contributed by atoms with van der Waals surface area (Å²) in [5.41, 5.74) is 0. The van der Waals surface area contributed by atoms with Crippen LogP contribution in [-0.2, 0) is 10.5 Å². The van der Waals surface area contributed by atoms with Crippen LogP contribution in [0.2, 0.25) is 19.7 Å². The van der Waals surface area contributed by atoms with Crippen LogP contribution in [0.15, 0.2) is 0 Å². The van der Waals surface area contributed by atoms with E-state index in [1.807, 2.05) is 0 Å². The van der Waals surface area contributed by atoms with Crippen molar-refractivity contribution in [3.63, 3.8) is 0 Å². The molecule has 0 radical (unpaired) electrons. The molecule has 0 bridgehead atoms. The predicted molar refractivity (Wildman–Crippen MR) is 33.2 cm³/mol. The summed E-state index contributed by atoms with van der Waals surface area (Å²) in [5, 5.41) is 0. The number of hydrogen-bond acceptors (Lipinski definition) is 0. The van der Waals surface area contributed by atoms with Gasteiger partial charge in [0.25, 0.3) is 0 Å². The molecule has 2 heterocycles. The SMILES string of the molecule is [I][Ir]12([CH2][CH2]1)[CH2][CH2]2. The molecule has 40 valence electrons. The molecule has 0 unspecified atom stereocenters. The van der Waals surface area contributed by atoms with Crippen molar-refractivity contribution in [3.8, 4) is 0 Å². The van der Waals surface area contributed by atoms with Gasteiger partial charge in [-0.1, -0.05) is 0 Å². The Balaban J connectivity index is 2.41. The average molecular weight is 375 g/mol. The van der Waals surface area contributed by atoms with Crippen LogP contribution in [0.25, 0.3) is 0 Å². The molecule has 2 saturated heterocycles. The van der Waals surface area contributed by atoms with E-state index in [1.165, 1.54) is 0 Å². The Hall–Kier alpha value is 1.38.